The summed E-state index contributed by atoms with van der Waals surface area (Å²) in [4.78, 5) is 20.9. The van der Waals surface area contributed by atoms with Crippen LogP contribution in [0.5, 0.6) is 0 Å². The van der Waals surface area contributed by atoms with Crippen molar-refractivity contribution >= 4 is 34.8 Å². The van der Waals surface area contributed by atoms with Crippen molar-refractivity contribution in [2.75, 3.05) is 10.6 Å². The number of nitrogens with zero attached hydrogens (tertiary/aromatic N) is 2. The summed E-state index contributed by atoms with van der Waals surface area (Å²) < 4.78 is 0. The highest BCUT2D eigenvalue weighted by atomic mass is 35.5. The van der Waals surface area contributed by atoms with Crippen LogP contribution >= 0.6 is 11.6 Å². The molecule has 0 aliphatic heterocycles. The van der Waals surface area contributed by atoms with Gasteiger partial charge < -0.3 is 10.6 Å². The monoisotopic (exact) mass is 366 g/mol. The molecule has 3 aromatic rings. The summed E-state index contributed by atoms with van der Waals surface area (Å²) in [6.07, 6.45) is 2.97. The highest BCUT2D eigenvalue weighted by molar-refractivity contribution is 6.33. The van der Waals surface area contributed by atoms with E-state index < -0.39 is 0 Å². The minimum absolute atomic E-state index is 0.246. The van der Waals surface area contributed by atoms with Gasteiger partial charge in [-0.25, -0.2) is 9.97 Å². The second-order valence-corrected chi connectivity index (χ2v) is 6.54. The van der Waals surface area contributed by atoms with Crippen molar-refractivity contribution < 1.29 is 4.79 Å². The van der Waals surface area contributed by atoms with E-state index in [-0.39, 0.29) is 5.91 Å². The summed E-state index contributed by atoms with van der Waals surface area (Å²) in [7, 11) is 0. The molecule has 26 heavy (non-hydrogen) atoms. The Morgan fingerprint density at radius 2 is 1.62 bits per heavy atom. The number of carbonyl (C=O) groups is 1. The van der Waals surface area contributed by atoms with Crippen LogP contribution in [0.1, 0.15) is 27.0 Å². The minimum Gasteiger partial charge on any atom is -0.323 e. The van der Waals surface area contributed by atoms with E-state index >= 15 is 0 Å². The lowest BCUT2D eigenvalue weighted by molar-refractivity contribution is 0.102. The highest BCUT2D eigenvalue weighted by Crippen LogP contribution is 2.24. The Hall–Kier alpha value is -2.92. The van der Waals surface area contributed by atoms with E-state index in [1.807, 2.05) is 51.1 Å². The average molecular weight is 367 g/mol. The molecule has 0 bridgehead atoms. The van der Waals surface area contributed by atoms with Crippen LogP contribution in [-0.4, -0.2) is 15.9 Å². The molecule has 0 unspecified atom stereocenters. The van der Waals surface area contributed by atoms with Crippen LogP contribution in [0, 0.1) is 20.8 Å². The highest BCUT2D eigenvalue weighted by Gasteiger charge is 2.12. The fourth-order valence-electron chi connectivity index (χ4n) is 2.76. The molecule has 0 fully saturated rings. The zero-order valence-corrected chi connectivity index (χ0v) is 15.6. The topological polar surface area (TPSA) is 66.9 Å². The van der Waals surface area contributed by atoms with Crippen molar-refractivity contribution in [2.45, 2.75) is 20.8 Å². The Balaban J connectivity index is 1.74. The number of hydrogen-bond donors (Lipinski definition) is 2. The quantitative estimate of drug-likeness (QED) is 0.678. The molecular weight excluding hydrogens is 348 g/mol. The Labute approximate surface area is 157 Å². The van der Waals surface area contributed by atoms with Gasteiger partial charge in [0, 0.05) is 18.1 Å². The molecule has 1 aromatic heterocycles. The fraction of sp³-hybridized carbons (Fsp3) is 0.150. The molecule has 5 nitrogen and oxygen atoms in total. The van der Waals surface area contributed by atoms with Crippen LogP contribution in [-0.2, 0) is 0 Å². The molecule has 0 aliphatic carbocycles. The number of amides is 1. The lowest BCUT2D eigenvalue weighted by Gasteiger charge is -2.13. The molecule has 1 heterocycles. The Morgan fingerprint density at radius 3 is 2.23 bits per heavy atom. The molecule has 2 aromatic carbocycles. The van der Waals surface area contributed by atoms with Crippen LogP contribution < -0.4 is 10.6 Å². The molecule has 0 saturated carbocycles. The van der Waals surface area contributed by atoms with Gasteiger partial charge in [-0.3, -0.25) is 4.79 Å². The van der Waals surface area contributed by atoms with Gasteiger partial charge in [0.15, 0.2) is 0 Å². The predicted molar refractivity (Wildman–Crippen MR) is 105 cm³/mol. The number of nitrogens with one attached hydrogen (secondary N) is 2. The third-order valence-corrected chi connectivity index (χ3v) is 4.28. The second kappa shape index (κ2) is 7.54. The summed E-state index contributed by atoms with van der Waals surface area (Å²) in [5, 5.41) is 6.54. The van der Waals surface area contributed by atoms with Gasteiger partial charge in [0.1, 0.15) is 0 Å². The van der Waals surface area contributed by atoms with Crippen molar-refractivity contribution in [3.05, 3.63) is 76.1 Å². The average Bonchev–Trinajstić information content (AvgIpc) is 2.60. The van der Waals surface area contributed by atoms with Gasteiger partial charge in [-0.05, 0) is 44.0 Å². The number of aryl methyl sites for hydroxylation is 3. The number of para-hydroxylation sites is 1. The molecule has 1 amide bonds. The van der Waals surface area contributed by atoms with Crippen LogP contribution in [0.2, 0.25) is 5.02 Å². The third kappa shape index (κ3) is 4.00. The summed E-state index contributed by atoms with van der Waals surface area (Å²) >= 11 is 6.10. The predicted octanol–water partition coefficient (Wildman–Crippen LogP) is 5.05. The molecule has 0 spiro atoms. The normalized spacial score (nSPS) is 10.5. The third-order valence-electron chi connectivity index (χ3n) is 3.95. The van der Waals surface area contributed by atoms with Crippen LogP contribution in [0.25, 0.3) is 0 Å². The van der Waals surface area contributed by atoms with Gasteiger partial charge in [0.25, 0.3) is 5.91 Å². The van der Waals surface area contributed by atoms with Crippen LogP contribution in [0.3, 0.4) is 0 Å². The fourth-order valence-corrected chi connectivity index (χ4v) is 2.94. The number of carbonyl (C=O) groups excluding carboxylic acids is 1. The standard InChI is InChI=1S/C20H19ClN4O/c1-12-8-13(2)18(14(3)9-12)25-19(26)15-10-22-20(23-11-15)24-17-7-5-4-6-16(17)21/h4-11H,1-3H3,(H,25,26)(H,22,23,24). The van der Waals surface area contributed by atoms with E-state index in [4.69, 9.17) is 11.6 Å². The van der Waals surface area contributed by atoms with E-state index in [9.17, 15) is 4.79 Å². The van der Waals surface area contributed by atoms with Gasteiger partial charge in [-0.2, -0.15) is 0 Å². The first-order chi connectivity index (χ1) is 12.4. The largest absolute Gasteiger partial charge is 0.323 e. The van der Waals surface area contributed by atoms with Crippen molar-refractivity contribution in [3.63, 3.8) is 0 Å². The number of anilines is 3. The van der Waals surface area contributed by atoms with Crippen LogP contribution in [0.4, 0.5) is 17.3 Å². The molecule has 0 aliphatic rings. The van der Waals surface area contributed by atoms with E-state index in [0.29, 0.717) is 22.2 Å². The first-order valence-corrected chi connectivity index (χ1v) is 8.54. The van der Waals surface area contributed by atoms with Crippen molar-refractivity contribution in [2.24, 2.45) is 0 Å². The minimum atomic E-state index is -0.246. The number of hydrogen-bond acceptors (Lipinski definition) is 4. The molecular formula is C20H19ClN4O. The zero-order chi connectivity index (χ0) is 18.7. The zero-order valence-electron chi connectivity index (χ0n) is 14.8. The van der Waals surface area contributed by atoms with E-state index in [2.05, 4.69) is 20.6 Å². The van der Waals surface area contributed by atoms with E-state index in [0.717, 1.165) is 22.4 Å². The van der Waals surface area contributed by atoms with E-state index in [1.54, 1.807) is 6.07 Å². The molecule has 2 N–H and O–H groups in total. The van der Waals surface area contributed by atoms with Gasteiger partial charge in [-0.15, -0.1) is 0 Å². The first kappa shape index (κ1) is 17.9. The Kier molecular flexibility index (Phi) is 5.19. The first-order valence-electron chi connectivity index (χ1n) is 8.17. The summed E-state index contributed by atoms with van der Waals surface area (Å²) in [5.74, 6) is 0.127. The second-order valence-electron chi connectivity index (χ2n) is 6.13. The smallest absolute Gasteiger partial charge is 0.258 e. The van der Waals surface area contributed by atoms with Crippen molar-refractivity contribution in [1.82, 2.24) is 9.97 Å². The SMILES string of the molecule is Cc1cc(C)c(NC(=O)c2cnc(Nc3ccccc3Cl)nc2)c(C)c1. The maximum absolute atomic E-state index is 12.5. The number of halogens is 1. The molecule has 0 atom stereocenters. The Bertz CT molecular complexity index is 931. The van der Waals surface area contributed by atoms with Crippen LogP contribution in [0.15, 0.2) is 48.8 Å². The van der Waals surface area contributed by atoms with Gasteiger partial charge >= 0.3 is 0 Å². The molecule has 132 valence electrons. The van der Waals surface area contributed by atoms with Crippen molar-refractivity contribution in [1.29, 1.82) is 0 Å². The van der Waals surface area contributed by atoms with Gasteiger partial charge in [-0.1, -0.05) is 41.4 Å². The van der Waals surface area contributed by atoms with Crippen molar-refractivity contribution in [3.8, 4) is 0 Å². The lowest BCUT2D eigenvalue weighted by Crippen LogP contribution is -2.15. The maximum atomic E-state index is 12.5. The Morgan fingerprint density at radius 1 is 1.00 bits per heavy atom. The summed E-state index contributed by atoms with van der Waals surface area (Å²) in [5.41, 5.74) is 5.11. The lowest BCUT2D eigenvalue weighted by atomic mass is 10.0. The molecule has 6 heteroatoms. The number of benzene rings is 2. The van der Waals surface area contributed by atoms with E-state index in [1.165, 1.54) is 12.4 Å². The summed E-state index contributed by atoms with van der Waals surface area (Å²) in [6, 6.07) is 11.4. The summed E-state index contributed by atoms with van der Waals surface area (Å²) in [6.45, 7) is 5.98. The number of rotatable bonds is 4. The molecule has 0 saturated heterocycles. The molecule has 3 rings (SSSR count). The van der Waals surface area contributed by atoms with Gasteiger partial charge in [0.05, 0.1) is 16.3 Å². The molecule has 0 radical (unpaired) electrons. The van der Waals surface area contributed by atoms with Gasteiger partial charge in [0.2, 0.25) is 5.95 Å². The maximum Gasteiger partial charge on any atom is 0.258 e. The number of aromatic nitrogens is 2.